The fourth-order valence-electron chi connectivity index (χ4n) is 1.52. The van der Waals surface area contributed by atoms with Gasteiger partial charge in [0.1, 0.15) is 5.69 Å². The van der Waals surface area contributed by atoms with E-state index >= 15 is 0 Å². The Bertz CT molecular complexity index is 407. The Hall–Kier alpha value is -1.37. The SMILES string of the molecule is CCC(CCN)Nc1c(F)c(F)c(F)c(F)c1F. The molecular weight excluding hydrogens is 255 g/mol. The maximum absolute atomic E-state index is 13.3. The normalized spacial score (nSPS) is 12.6. The van der Waals surface area contributed by atoms with Gasteiger partial charge in [0.2, 0.25) is 5.82 Å². The van der Waals surface area contributed by atoms with Gasteiger partial charge in [-0.15, -0.1) is 0 Å². The Labute approximate surface area is 101 Å². The molecule has 1 unspecified atom stereocenters. The molecule has 0 amide bonds. The molecule has 0 aliphatic rings. The molecule has 0 bridgehead atoms. The van der Waals surface area contributed by atoms with Gasteiger partial charge in [-0.2, -0.15) is 0 Å². The molecule has 3 N–H and O–H groups in total. The van der Waals surface area contributed by atoms with Crippen LogP contribution in [0.3, 0.4) is 0 Å². The van der Waals surface area contributed by atoms with Crippen molar-refractivity contribution in [2.45, 2.75) is 25.8 Å². The van der Waals surface area contributed by atoms with Gasteiger partial charge in [0, 0.05) is 6.04 Å². The molecule has 0 aliphatic heterocycles. The highest BCUT2D eigenvalue weighted by atomic mass is 19.2. The summed E-state index contributed by atoms with van der Waals surface area (Å²) in [7, 11) is 0. The summed E-state index contributed by atoms with van der Waals surface area (Å²) in [5.74, 6) is -9.80. The van der Waals surface area contributed by atoms with Crippen molar-refractivity contribution in [2.24, 2.45) is 5.73 Å². The standard InChI is InChI=1S/C11H13F5N2/c1-2-5(3-4-17)18-11-9(15)7(13)6(12)8(14)10(11)16/h5,18H,2-4,17H2,1H3. The summed E-state index contributed by atoms with van der Waals surface area (Å²) in [6, 6.07) is -0.455. The van der Waals surface area contributed by atoms with E-state index in [4.69, 9.17) is 5.73 Å². The second-order valence-electron chi connectivity index (χ2n) is 3.77. The number of hydrogen-bond donors (Lipinski definition) is 2. The van der Waals surface area contributed by atoms with E-state index in [1.54, 1.807) is 6.92 Å². The van der Waals surface area contributed by atoms with E-state index in [2.05, 4.69) is 5.32 Å². The Morgan fingerprint density at radius 2 is 1.39 bits per heavy atom. The first-order valence-electron chi connectivity index (χ1n) is 5.42. The first-order valence-corrected chi connectivity index (χ1v) is 5.42. The third-order valence-electron chi connectivity index (χ3n) is 2.57. The van der Waals surface area contributed by atoms with Crippen molar-refractivity contribution in [2.75, 3.05) is 11.9 Å². The zero-order valence-electron chi connectivity index (χ0n) is 9.67. The van der Waals surface area contributed by atoms with Gasteiger partial charge in [0.05, 0.1) is 0 Å². The van der Waals surface area contributed by atoms with Gasteiger partial charge in [0.15, 0.2) is 23.3 Å². The van der Waals surface area contributed by atoms with Crippen molar-refractivity contribution < 1.29 is 22.0 Å². The van der Waals surface area contributed by atoms with Crippen LogP contribution < -0.4 is 11.1 Å². The molecular formula is C11H13F5N2. The average molecular weight is 268 g/mol. The van der Waals surface area contributed by atoms with Gasteiger partial charge >= 0.3 is 0 Å². The fraction of sp³-hybridized carbons (Fsp3) is 0.455. The maximum Gasteiger partial charge on any atom is 0.200 e. The zero-order chi connectivity index (χ0) is 13.9. The van der Waals surface area contributed by atoms with Gasteiger partial charge in [-0.3, -0.25) is 0 Å². The molecule has 18 heavy (non-hydrogen) atoms. The van der Waals surface area contributed by atoms with Gasteiger partial charge < -0.3 is 11.1 Å². The van der Waals surface area contributed by atoms with Crippen LogP contribution in [-0.4, -0.2) is 12.6 Å². The molecule has 0 saturated heterocycles. The van der Waals surface area contributed by atoms with Crippen molar-refractivity contribution in [3.63, 3.8) is 0 Å². The fourth-order valence-corrected chi connectivity index (χ4v) is 1.52. The van der Waals surface area contributed by atoms with Crippen molar-refractivity contribution in [1.29, 1.82) is 0 Å². The number of hydrogen-bond acceptors (Lipinski definition) is 2. The predicted octanol–water partition coefficient (Wildman–Crippen LogP) is 2.92. The third kappa shape index (κ3) is 2.72. The molecule has 102 valence electrons. The van der Waals surface area contributed by atoms with E-state index < -0.39 is 40.8 Å². The Balaban J connectivity index is 3.16. The summed E-state index contributed by atoms with van der Waals surface area (Å²) in [5, 5.41) is 2.30. The van der Waals surface area contributed by atoms with E-state index in [9.17, 15) is 22.0 Å². The lowest BCUT2D eigenvalue weighted by molar-refractivity contribution is 0.380. The molecule has 1 rings (SSSR count). The summed E-state index contributed by atoms with van der Waals surface area (Å²) in [6.07, 6.45) is 0.798. The van der Waals surface area contributed by atoms with Crippen LogP contribution in [0, 0.1) is 29.1 Å². The molecule has 0 spiro atoms. The minimum Gasteiger partial charge on any atom is -0.377 e. The van der Waals surface area contributed by atoms with Crippen LogP contribution in [0.25, 0.3) is 0 Å². The molecule has 0 aliphatic carbocycles. The number of anilines is 1. The van der Waals surface area contributed by atoms with Crippen LogP contribution in [0.1, 0.15) is 19.8 Å². The minimum absolute atomic E-state index is 0.237. The van der Waals surface area contributed by atoms with Crippen molar-refractivity contribution in [3.05, 3.63) is 29.1 Å². The van der Waals surface area contributed by atoms with Crippen molar-refractivity contribution in [1.82, 2.24) is 0 Å². The molecule has 1 aromatic rings. The minimum atomic E-state index is -2.16. The van der Waals surface area contributed by atoms with Crippen LogP contribution in [0.4, 0.5) is 27.6 Å². The average Bonchev–Trinajstić information content (AvgIpc) is 2.37. The monoisotopic (exact) mass is 268 g/mol. The number of halogens is 5. The van der Waals surface area contributed by atoms with Crippen molar-refractivity contribution in [3.8, 4) is 0 Å². The largest absolute Gasteiger partial charge is 0.377 e. The first-order chi connectivity index (χ1) is 8.43. The Morgan fingerprint density at radius 1 is 0.944 bits per heavy atom. The van der Waals surface area contributed by atoms with Gasteiger partial charge in [0.25, 0.3) is 0 Å². The van der Waals surface area contributed by atoms with E-state index in [0.29, 0.717) is 12.8 Å². The van der Waals surface area contributed by atoms with E-state index in [1.807, 2.05) is 0 Å². The summed E-state index contributed by atoms with van der Waals surface area (Å²) in [4.78, 5) is 0. The summed E-state index contributed by atoms with van der Waals surface area (Å²) >= 11 is 0. The number of nitrogens with one attached hydrogen (secondary N) is 1. The zero-order valence-corrected chi connectivity index (χ0v) is 9.67. The quantitative estimate of drug-likeness (QED) is 0.489. The van der Waals surface area contributed by atoms with Crippen LogP contribution >= 0.6 is 0 Å². The first kappa shape index (κ1) is 14.7. The van der Waals surface area contributed by atoms with Gasteiger partial charge in [-0.05, 0) is 19.4 Å². The molecule has 0 aromatic heterocycles. The number of rotatable bonds is 5. The molecule has 0 heterocycles. The molecule has 0 radical (unpaired) electrons. The summed E-state index contributed by atoms with van der Waals surface area (Å²) in [6.45, 7) is 1.94. The molecule has 1 aromatic carbocycles. The second-order valence-corrected chi connectivity index (χ2v) is 3.77. The van der Waals surface area contributed by atoms with Crippen molar-refractivity contribution >= 4 is 5.69 Å². The Kier molecular flexibility index (Phi) is 4.89. The highest BCUT2D eigenvalue weighted by molar-refractivity contribution is 5.48. The number of benzene rings is 1. The summed E-state index contributed by atoms with van der Waals surface area (Å²) < 4.78 is 65.3. The Morgan fingerprint density at radius 3 is 1.78 bits per heavy atom. The van der Waals surface area contributed by atoms with Gasteiger partial charge in [-0.25, -0.2) is 22.0 Å². The second kappa shape index (κ2) is 5.99. The summed E-state index contributed by atoms with van der Waals surface area (Å²) in [5.41, 5.74) is 4.28. The topological polar surface area (TPSA) is 38.0 Å². The highest BCUT2D eigenvalue weighted by Crippen LogP contribution is 2.28. The molecule has 1 atom stereocenters. The number of nitrogens with two attached hydrogens (primary N) is 1. The van der Waals surface area contributed by atoms with E-state index in [1.165, 1.54) is 0 Å². The molecule has 0 saturated carbocycles. The molecule has 7 heteroatoms. The predicted molar refractivity (Wildman–Crippen MR) is 57.6 cm³/mol. The lowest BCUT2D eigenvalue weighted by atomic mass is 10.1. The third-order valence-corrected chi connectivity index (χ3v) is 2.57. The maximum atomic E-state index is 13.3. The molecule has 0 fully saturated rings. The van der Waals surface area contributed by atoms with Crippen LogP contribution in [0.15, 0.2) is 0 Å². The van der Waals surface area contributed by atoms with E-state index in [0.717, 1.165) is 0 Å². The lowest BCUT2D eigenvalue weighted by Gasteiger charge is -2.18. The van der Waals surface area contributed by atoms with Crippen LogP contribution in [0.2, 0.25) is 0 Å². The highest BCUT2D eigenvalue weighted by Gasteiger charge is 2.26. The smallest absolute Gasteiger partial charge is 0.200 e. The molecule has 2 nitrogen and oxygen atoms in total. The lowest BCUT2D eigenvalue weighted by Crippen LogP contribution is -2.24. The van der Waals surface area contributed by atoms with E-state index in [-0.39, 0.29) is 6.54 Å². The van der Waals surface area contributed by atoms with Crippen LogP contribution in [-0.2, 0) is 0 Å². The van der Waals surface area contributed by atoms with Crippen LogP contribution in [0.5, 0.6) is 0 Å². The van der Waals surface area contributed by atoms with Gasteiger partial charge in [-0.1, -0.05) is 6.92 Å².